The number of anilines is 1. The summed E-state index contributed by atoms with van der Waals surface area (Å²) in [7, 11) is 3.90. The Kier molecular flexibility index (Phi) is 5.57. The molecule has 2 N–H and O–H groups in total. The fourth-order valence-corrected chi connectivity index (χ4v) is 1.68. The maximum atomic E-state index is 11.7. The number of likely N-dealkylation sites (N-methyl/N-ethyl adjacent to an activating group) is 1. The number of rotatable bonds is 6. The molecule has 0 saturated carbocycles. The lowest BCUT2D eigenvalue weighted by molar-refractivity contribution is 0.0526. The first-order chi connectivity index (χ1) is 8.95. The number of aromatic nitrogens is 1. The number of ether oxygens (including phenoxy) is 2. The molecule has 19 heavy (non-hydrogen) atoms. The highest BCUT2D eigenvalue weighted by Crippen LogP contribution is 2.24. The Balaban J connectivity index is 2.85. The predicted molar refractivity (Wildman–Crippen MR) is 73.2 cm³/mol. The van der Waals surface area contributed by atoms with E-state index >= 15 is 0 Å². The predicted octanol–water partition coefficient (Wildman–Crippen LogP) is 1.17. The number of carbonyl (C=O) groups is 1. The van der Waals surface area contributed by atoms with E-state index in [1.54, 1.807) is 6.92 Å². The number of hydrogen-bond donors (Lipinski definition) is 1. The Morgan fingerprint density at radius 2 is 2.21 bits per heavy atom. The van der Waals surface area contributed by atoms with Gasteiger partial charge in [0.1, 0.15) is 11.8 Å². The third kappa shape index (κ3) is 4.40. The van der Waals surface area contributed by atoms with Crippen LogP contribution < -0.4 is 10.5 Å². The smallest absolute Gasteiger partial charge is 0.340 e. The van der Waals surface area contributed by atoms with Crippen LogP contribution in [0, 0.1) is 0 Å². The van der Waals surface area contributed by atoms with Crippen molar-refractivity contribution < 1.29 is 14.3 Å². The zero-order chi connectivity index (χ0) is 14.4. The van der Waals surface area contributed by atoms with Crippen molar-refractivity contribution in [1.82, 2.24) is 9.88 Å². The molecule has 0 aliphatic rings. The van der Waals surface area contributed by atoms with Gasteiger partial charge in [0.2, 0.25) is 5.88 Å². The van der Waals surface area contributed by atoms with Crippen LogP contribution in [0.15, 0.2) is 12.3 Å². The Hall–Kier alpha value is -1.82. The van der Waals surface area contributed by atoms with E-state index in [0.717, 1.165) is 6.54 Å². The zero-order valence-electron chi connectivity index (χ0n) is 11.8. The highest BCUT2D eigenvalue weighted by atomic mass is 16.5. The molecule has 106 valence electrons. The van der Waals surface area contributed by atoms with Crippen LogP contribution in [-0.2, 0) is 4.74 Å². The van der Waals surface area contributed by atoms with Crippen molar-refractivity contribution in [2.45, 2.75) is 20.0 Å². The van der Waals surface area contributed by atoms with Gasteiger partial charge in [0.25, 0.3) is 0 Å². The second-order valence-electron chi connectivity index (χ2n) is 4.49. The Bertz CT molecular complexity index is 435. The molecule has 0 radical (unpaired) electrons. The standard InChI is InChI=1S/C13H21N3O3/c1-5-18-13(17)10-6-7-15-12(11(10)14)19-9(2)8-16(3)4/h6-7,9H,5,8,14H2,1-4H3. The topological polar surface area (TPSA) is 77.7 Å². The van der Waals surface area contributed by atoms with Gasteiger partial charge in [-0.05, 0) is 34.0 Å². The molecule has 0 saturated heterocycles. The largest absolute Gasteiger partial charge is 0.472 e. The molecule has 1 rings (SSSR count). The van der Waals surface area contributed by atoms with Gasteiger partial charge in [-0.3, -0.25) is 0 Å². The fourth-order valence-electron chi connectivity index (χ4n) is 1.68. The summed E-state index contributed by atoms with van der Waals surface area (Å²) in [5.41, 5.74) is 6.39. The number of esters is 1. The summed E-state index contributed by atoms with van der Waals surface area (Å²) in [6.45, 7) is 4.68. The second kappa shape index (κ2) is 6.94. The molecule has 0 fully saturated rings. The van der Waals surface area contributed by atoms with Gasteiger partial charge in [0.05, 0.1) is 12.2 Å². The Morgan fingerprint density at radius 1 is 1.53 bits per heavy atom. The lowest BCUT2D eigenvalue weighted by Crippen LogP contribution is -2.28. The van der Waals surface area contributed by atoms with Gasteiger partial charge in [-0.1, -0.05) is 0 Å². The van der Waals surface area contributed by atoms with Crippen molar-refractivity contribution >= 4 is 11.7 Å². The fraction of sp³-hybridized carbons (Fsp3) is 0.538. The van der Waals surface area contributed by atoms with E-state index in [2.05, 4.69) is 4.98 Å². The number of pyridine rings is 1. The molecule has 0 bridgehead atoms. The number of hydrogen-bond acceptors (Lipinski definition) is 6. The number of carbonyl (C=O) groups excluding carboxylic acids is 1. The molecule has 0 spiro atoms. The van der Waals surface area contributed by atoms with Crippen LogP contribution in [-0.4, -0.2) is 49.2 Å². The summed E-state index contributed by atoms with van der Waals surface area (Å²) in [4.78, 5) is 17.7. The third-order valence-electron chi connectivity index (χ3n) is 2.38. The number of nitrogens with zero attached hydrogens (tertiary/aromatic N) is 2. The molecule has 1 atom stereocenters. The van der Waals surface area contributed by atoms with Crippen molar-refractivity contribution in [3.63, 3.8) is 0 Å². The van der Waals surface area contributed by atoms with Gasteiger partial charge in [-0.15, -0.1) is 0 Å². The van der Waals surface area contributed by atoms with Crippen LogP contribution in [0.3, 0.4) is 0 Å². The minimum atomic E-state index is -0.465. The molecular weight excluding hydrogens is 246 g/mol. The normalized spacial score (nSPS) is 12.3. The quantitative estimate of drug-likeness (QED) is 0.780. The maximum absolute atomic E-state index is 11.7. The average molecular weight is 267 g/mol. The summed E-state index contributed by atoms with van der Waals surface area (Å²) in [5.74, 6) is -0.201. The van der Waals surface area contributed by atoms with E-state index in [9.17, 15) is 4.79 Å². The first-order valence-electron chi connectivity index (χ1n) is 6.18. The van der Waals surface area contributed by atoms with E-state index in [0.29, 0.717) is 6.61 Å². The molecule has 6 nitrogen and oxygen atoms in total. The molecule has 0 aromatic carbocycles. The van der Waals surface area contributed by atoms with E-state index < -0.39 is 5.97 Å². The number of nitrogens with two attached hydrogens (primary N) is 1. The van der Waals surface area contributed by atoms with E-state index in [4.69, 9.17) is 15.2 Å². The molecule has 0 aliphatic heterocycles. The molecule has 1 unspecified atom stereocenters. The zero-order valence-corrected chi connectivity index (χ0v) is 11.8. The minimum Gasteiger partial charge on any atom is -0.472 e. The molecule has 1 aromatic heterocycles. The van der Waals surface area contributed by atoms with Gasteiger partial charge < -0.3 is 20.1 Å². The SMILES string of the molecule is CCOC(=O)c1ccnc(OC(C)CN(C)C)c1N. The molecule has 0 aliphatic carbocycles. The Morgan fingerprint density at radius 3 is 2.79 bits per heavy atom. The summed E-state index contributed by atoms with van der Waals surface area (Å²) >= 11 is 0. The van der Waals surface area contributed by atoms with E-state index in [1.165, 1.54) is 12.3 Å². The summed E-state index contributed by atoms with van der Waals surface area (Å²) in [5, 5.41) is 0. The Labute approximate surface area is 113 Å². The highest BCUT2D eigenvalue weighted by molar-refractivity contribution is 5.96. The van der Waals surface area contributed by atoms with Crippen LogP contribution >= 0.6 is 0 Å². The summed E-state index contributed by atoms with van der Waals surface area (Å²) in [6, 6.07) is 1.52. The van der Waals surface area contributed by atoms with Crippen molar-refractivity contribution in [3.8, 4) is 5.88 Å². The maximum Gasteiger partial charge on any atom is 0.340 e. The van der Waals surface area contributed by atoms with Crippen LogP contribution in [0.5, 0.6) is 5.88 Å². The minimum absolute atomic E-state index is 0.0813. The lowest BCUT2D eigenvalue weighted by Gasteiger charge is -2.19. The van der Waals surface area contributed by atoms with E-state index in [-0.39, 0.29) is 23.2 Å². The monoisotopic (exact) mass is 267 g/mol. The molecule has 1 aromatic rings. The lowest BCUT2D eigenvalue weighted by atomic mass is 10.2. The van der Waals surface area contributed by atoms with Crippen LogP contribution in [0.25, 0.3) is 0 Å². The average Bonchev–Trinajstić information content (AvgIpc) is 2.31. The summed E-state index contributed by atoms with van der Waals surface area (Å²) < 4.78 is 10.6. The van der Waals surface area contributed by atoms with Crippen LogP contribution in [0.1, 0.15) is 24.2 Å². The van der Waals surface area contributed by atoms with Gasteiger partial charge in [0, 0.05) is 12.7 Å². The van der Waals surface area contributed by atoms with Crippen molar-refractivity contribution in [3.05, 3.63) is 17.8 Å². The third-order valence-corrected chi connectivity index (χ3v) is 2.38. The van der Waals surface area contributed by atoms with Crippen molar-refractivity contribution in [2.75, 3.05) is 33.0 Å². The first-order valence-corrected chi connectivity index (χ1v) is 6.18. The highest BCUT2D eigenvalue weighted by Gasteiger charge is 2.17. The second-order valence-corrected chi connectivity index (χ2v) is 4.49. The number of nitrogen functional groups attached to an aromatic ring is 1. The van der Waals surface area contributed by atoms with Crippen molar-refractivity contribution in [2.24, 2.45) is 0 Å². The van der Waals surface area contributed by atoms with Gasteiger partial charge in [-0.2, -0.15) is 0 Å². The van der Waals surface area contributed by atoms with Gasteiger partial charge in [-0.25, -0.2) is 9.78 Å². The first kappa shape index (κ1) is 15.2. The van der Waals surface area contributed by atoms with E-state index in [1.807, 2.05) is 25.9 Å². The molecule has 1 heterocycles. The molecule has 6 heteroatoms. The molecular formula is C13H21N3O3. The van der Waals surface area contributed by atoms with Crippen LogP contribution in [0.4, 0.5) is 5.69 Å². The molecule has 0 amide bonds. The summed E-state index contributed by atoms with van der Waals surface area (Å²) in [6.07, 6.45) is 1.41. The van der Waals surface area contributed by atoms with Gasteiger partial charge in [0.15, 0.2) is 0 Å². The van der Waals surface area contributed by atoms with Gasteiger partial charge >= 0.3 is 5.97 Å². The van der Waals surface area contributed by atoms with Crippen LogP contribution in [0.2, 0.25) is 0 Å². The van der Waals surface area contributed by atoms with Crippen molar-refractivity contribution in [1.29, 1.82) is 0 Å².